The molecule has 0 aliphatic carbocycles. The number of carbonyl (C=O) groups excluding carboxylic acids is 1. The van der Waals surface area contributed by atoms with Gasteiger partial charge in [0.05, 0.1) is 6.61 Å². The van der Waals surface area contributed by atoms with Crippen molar-refractivity contribution in [2.75, 3.05) is 11.9 Å². The normalized spacial score (nSPS) is 10.4. The zero-order chi connectivity index (χ0) is 16.1. The zero-order valence-electron chi connectivity index (χ0n) is 12.5. The maximum atomic E-state index is 13.5. The minimum absolute atomic E-state index is 0.0518. The second-order valence-corrected chi connectivity index (χ2v) is 5.08. The molecule has 0 atom stereocenters. The molecule has 2 aromatic rings. The van der Waals surface area contributed by atoms with Crippen LogP contribution in [-0.2, 0) is 11.4 Å². The number of rotatable bonds is 5. The molecule has 0 fully saturated rings. The third-order valence-corrected chi connectivity index (χ3v) is 3.20. The molecule has 22 heavy (non-hydrogen) atoms. The highest BCUT2D eigenvalue weighted by atomic mass is 19.1. The van der Waals surface area contributed by atoms with Gasteiger partial charge in [0.2, 0.25) is 0 Å². The molecule has 2 aromatic carbocycles. The first-order valence-corrected chi connectivity index (χ1v) is 6.89. The molecule has 0 radical (unpaired) electrons. The van der Waals surface area contributed by atoms with Crippen molar-refractivity contribution in [3.63, 3.8) is 0 Å². The Bertz CT molecular complexity index is 686. The van der Waals surface area contributed by atoms with Crippen molar-refractivity contribution in [2.24, 2.45) is 0 Å². The molecule has 1 amide bonds. The van der Waals surface area contributed by atoms with Crippen molar-refractivity contribution in [1.82, 2.24) is 0 Å². The van der Waals surface area contributed by atoms with Crippen LogP contribution in [0.15, 0.2) is 36.4 Å². The smallest absolute Gasteiger partial charge is 0.262 e. The standard InChI is InChI=1S/C17H18FNO3/c1-11-3-6-14(18)16(7-11)22-10-17(21)19-15-8-13(9-20)5-4-12(15)2/h3-8,20H,9-10H2,1-2H3,(H,19,21). The summed E-state index contributed by atoms with van der Waals surface area (Å²) in [6, 6.07) is 9.76. The number of hydrogen-bond donors (Lipinski definition) is 2. The van der Waals surface area contributed by atoms with E-state index in [1.165, 1.54) is 6.07 Å². The number of amides is 1. The van der Waals surface area contributed by atoms with Gasteiger partial charge < -0.3 is 15.2 Å². The number of halogens is 1. The Hall–Kier alpha value is -2.40. The van der Waals surface area contributed by atoms with Gasteiger partial charge >= 0.3 is 0 Å². The number of nitrogens with one attached hydrogen (secondary N) is 1. The molecule has 0 saturated heterocycles. The van der Waals surface area contributed by atoms with E-state index in [0.717, 1.165) is 11.1 Å². The molecule has 4 nitrogen and oxygen atoms in total. The summed E-state index contributed by atoms with van der Waals surface area (Å²) in [7, 11) is 0. The molecule has 2 N–H and O–H groups in total. The van der Waals surface area contributed by atoms with Gasteiger partial charge in [-0.2, -0.15) is 0 Å². The monoisotopic (exact) mass is 303 g/mol. The molecule has 0 spiro atoms. The molecule has 116 valence electrons. The van der Waals surface area contributed by atoms with Crippen LogP contribution >= 0.6 is 0 Å². The minimum atomic E-state index is -0.503. The summed E-state index contributed by atoms with van der Waals surface area (Å²) in [6.45, 7) is 3.27. The number of aryl methyl sites for hydroxylation is 2. The fourth-order valence-corrected chi connectivity index (χ4v) is 1.95. The van der Waals surface area contributed by atoms with E-state index in [4.69, 9.17) is 9.84 Å². The minimum Gasteiger partial charge on any atom is -0.481 e. The summed E-state index contributed by atoms with van der Waals surface area (Å²) in [5.41, 5.74) is 3.02. The van der Waals surface area contributed by atoms with E-state index in [9.17, 15) is 9.18 Å². The summed E-state index contributed by atoms with van der Waals surface area (Å²) >= 11 is 0. The maximum absolute atomic E-state index is 13.5. The Labute approximate surface area is 128 Å². The topological polar surface area (TPSA) is 58.6 Å². The Morgan fingerprint density at radius 1 is 1.23 bits per heavy atom. The van der Waals surface area contributed by atoms with Crippen LogP contribution in [0, 0.1) is 19.7 Å². The third-order valence-electron chi connectivity index (χ3n) is 3.20. The van der Waals surface area contributed by atoms with Gasteiger partial charge in [-0.25, -0.2) is 4.39 Å². The lowest BCUT2D eigenvalue weighted by molar-refractivity contribution is -0.118. The highest BCUT2D eigenvalue weighted by molar-refractivity contribution is 5.92. The summed E-state index contributed by atoms with van der Waals surface area (Å²) in [6.07, 6.45) is 0. The van der Waals surface area contributed by atoms with Crippen LogP contribution in [0.2, 0.25) is 0 Å². The first-order valence-electron chi connectivity index (χ1n) is 6.89. The average molecular weight is 303 g/mol. The zero-order valence-corrected chi connectivity index (χ0v) is 12.5. The van der Waals surface area contributed by atoms with Crippen LogP contribution in [0.4, 0.5) is 10.1 Å². The van der Waals surface area contributed by atoms with Crippen molar-refractivity contribution in [3.05, 3.63) is 58.9 Å². The third kappa shape index (κ3) is 4.05. The average Bonchev–Trinajstić information content (AvgIpc) is 2.50. The molecule has 0 aliphatic rings. The predicted octanol–water partition coefficient (Wildman–Crippen LogP) is 2.95. The Morgan fingerprint density at radius 3 is 2.73 bits per heavy atom. The molecular formula is C17H18FNO3. The molecule has 5 heteroatoms. The Kier molecular flexibility index (Phi) is 5.12. The number of aliphatic hydroxyl groups is 1. The number of ether oxygens (including phenoxy) is 1. The van der Waals surface area contributed by atoms with Crippen LogP contribution in [0.3, 0.4) is 0 Å². The van der Waals surface area contributed by atoms with Crippen LogP contribution in [0.1, 0.15) is 16.7 Å². The largest absolute Gasteiger partial charge is 0.481 e. The Balaban J connectivity index is 2.00. The molecule has 0 aliphatic heterocycles. The van der Waals surface area contributed by atoms with Gasteiger partial charge in [-0.3, -0.25) is 4.79 Å². The molecule has 0 aromatic heterocycles. The van der Waals surface area contributed by atoms with Crippen molar-refractivity contribution in [3.8, 4) is 5.75 Å². The first kappa shape index (κ1) is 16.0. The summed E-state index contributed by atoms with van der Waals surface area (Å²) in [5, 5.41) is 11.8. The molecule has 0 bridgehead atoms. The van der Waals surface area contributed by atoms with Crippen LogP contribution in [0.5, 0.6) is 5.75 Å². The number of hydrogen-bond acceptors (Lipinski definition) is 3. The number of anilines is 1. The highest BCUT2D eigenvalue weighted by Crippen LogP contribution is 2.19. The number of aliphatic hydroxyl groups excluding tert-OH is 1. The van der Waals surface area contributed by atoms with E-state index in [1.807, 2.05) is 19.9 Å². The van der Waals surface area contributed by atoms with Gasteiger partial charge in [-0.15, -0.1) is 0 Å². The summed E-state index contributed by atoms with van der Waals surface area (Å²) < 4.78 is 18.7. The van der Waals surface area contributed by atoms with Gasteiger partial charge in [0.25, 0.3) is 5.91 Å². The first-order chi connectivity index (χ1) is 10.5. The molecule has 0 heterocycles. The van der Waals surface area contributed by atoms with E-state index in [1.54, 1.807) is 24.3 Å². The van der Waals surface area contributed by atoms with E-state index >= 15 is 0 Å². The van der Waals surface area contributed by atoms with Crippen molar-refractivity contribution in [1.29, 1.82) is 0 Å². The van der Waals surface area contributed by atoms with Crippen LogP contribution < -0.4 is 10.1 Å². The van der Waals surface area contributed by atoms with E-state index in [0.29, 0.717) is 11.3 Å². The number of benzene rings is 2. The van der Waals surface area contributed by atoms with E-state index in [2.05, 4.69) is 5.32 Å². The second kappa shape index (κ2) is 7.04. The van der Waals surface area contributed by atoms with Crippen molar-refractivity contribution >= 4 is 11.6 Å². The van der Waals surface area contributed by atoms with Crippen LogP contribution in [-0.4, -0.2) is 17.6 Å². The highest BCUT2D eigenvalue weighted by Gasteiger charge is 2.09. The number of carbonyl (C=O) groups is 1. The van der Waals surface area contributed by atoms with Gasteiger partial charge in [0, 0.05) is 5.69 Å². The predicted molar refractivity (Wildman–Crippen MR) is 82.4 cm³/mol. The van der Waals surface area contributed by atoms with Gasteiger partial charge in [0.15, 0.2) is 18.2 Å². The lowest BCUT2D eigenvalue weighted by Crippen LogP contribution is -2.21. The lowest BCUT2D eigenvalue weighted by Gasteiger charge is -2.11. The van der Waals surface area contributed by atoms with Crippen LogP contribution in [0.25, 0.3) is 0 Å². The summed E-state index contributed by atoms with van der Waals surface area (Å²) in [4.78, 5) is 11.9. The summed E-state index contributed by atoms with van der Waals surface area (Å²) in [5.74, 6) is -0.841. The lowest BCUT2D eigenvalue weighted by atomic mass is 10.1. The fourth-order valence-electron chi connectivity index (χ4n) is 1.95. The molecule has 0 saturated carbocycles. The SMILES string of the molecule is Cc1ccc(F)c(OCC(=O)Nc2cc(CO)ccc2C)c1. The molecule has 0 unspecified atom stereocenters. The molecular weight excluding hydrogens is 285 g/mol. The maximum Gasteiger partial charge on any atom is 0.262 e. The van der Waals surface area contributed by atoms with Crippen molar-refractivity contribution in [2.45, 2.75) is 20.5 Å². The van der Waals surface area contributed by atoms with Crippen molar-refractivity contribution < 1.29 is 19.0 Å². The van der Waals surface area contributed by atoms with Gasteiger partial charge in [-0.1, -0.05) is 18.2 Å². The second-order valence-electron chi connectivity index (χ2n) is 5.08. The quantitative estimate of drug-likeness (QED) is 0.893. The van der Waals surface area contributed by atoms with Gasteiger partial charge in [0.1, 0.15) is 0 Å². The van der Waals surface area contributed by atoms with E-state index < -0.39 is 5.82 Å². The Morgan fingerprint density at radius 2 is 2.00 bits per heavy atom. The van der Waals surface area contributed by atoms with E-state index in [-0.39, 0.29) is 24.9 Å². The fraction of sp³-hybridized carbons (Fsp3) is 0.235. The molecule has 2 rings (SSSR count). The van der Waals surface area contributed by atoms with Gasteiger partial charge in [-0.05, 0) is 48.7 Å².